The fourth-order valence-corrected chi connectivity index (χ4v) is 4.36. The number of nitrogens with zero attached hydrogens (tertiary/aromatic N) is 3. The van der Waals surface area contributed by atoms with Crippen LogP contribution in [0.1, 0.15) is 30.9 Å². The van der Waals surface area contributed by atoms with Crippen molar-refractivity contribution < 1.29 is 17.9 Å². The van der Waals surface area contributed by atoms with E-state index in [2.05, 4.69) is 10.2 Å². The first-order valence-electron chi connectivity index (χ1n) is 6.58. The van der Waals surface area contributed by atoms with Gasteiger partial charge in [0.05, 0.1) is 18.1 Å². The first kappa shape index (κ1) is 15.0. The quantitative estimate of drug-likeness (QED) is 0.738. The second kappa shape index (κ2) is 5.51. The van der Waals surface area contributed by atoms with Crippen LogP contribution in [0.3, 0.4) is 0 Å². The van der Waals surface area contributed by atoms with Crippen LogP contribution in [-0.2, 0) is 26.4 Å². The molecule has 0 radical (unpaired) electrons. The molecule has 2 heterocycles. The molecule has 1 aliphatic heterocycles. The van der Waals surface area contributed by atoms with Gasteiger partial charge in [-0.15, -0.1) is 10.2 Å². The predicted molar refractivity (Wildman–Crippen MR) is 71.9 cm³/mol. The summed E-state index contributed by atoms with van der Waals surface area (Å²) in [6.07, 6.45) is 0.456. The summed E-state index contributed by atoms with van der Waals surface area (Å²) in [5, 5.41) is 7.97. The van der Waals surface area contributed by atoms with Gasteiger partial charge in [0.15, 0.2) is 9.84 Å². The monoisotopic (exact) mass is 301 g/mol. The minimum atomic E-state index is -3.07. The van der Waals surface area contributed by atoms with Gasteiger partial charge in [-0.2, -0.15) is 0 Å². The van der Waals surface area contributed by atoms with Crippen molar-refractivity contribution in [2.45, 2.75) is 26.2 Å². The maximum absolute atomic E-state index is 12.2. The van der Waals surface area contributed by atoms with E-state index < -0.39 is 21.7 Å². The van der Waals surface area contributed by atoms with Gasteiger partial charge in [0.1, 0.15) is 17.6 Å². The summed E-state index contributed by atoms with van der Waals surface area (Å²) in [6.45, 7) is 3.76. The van der Waals surface area contributed by atoms with Gasteiger partial charge < -0.3 is 9.30 Å². The summed E-state index contributed by atoms with van der Waals surface area (Å²) >= 11 is 0. The number of carbonyl (C=O) groups excluding carboxylic acids is 1. The fourth-order valence-electron chi connectivity index (χ4n) is 2.52. The highest BCUT2D eigenvalue weighted by molar-refractivity contribution is 7.91. The molecular weight excluding hydrogens is 282 g/mol. The van der Waals surface area contributed by atoms with E-state index in [0.29, 0.717) is 18.1 Å². The lowest BCUT2D eigenvalue weighted by atomic mass is 9.91. The van der Waals surface area contributed by atoms with Gasteiger partial charge >= 0.3 is 5.97 Å². The van der Waals surface area contributed by atoms with Crippen LogP contribution in [0, 0.1) is 12.8 Å². The van der Waals surface area contributed by atoms with Gasteiger partial charge in [0.2, 0.25) is 0 Å². The molecule has 112 valence electrons. The molecule has 2 atom stereocenters. The smallest absolute Gasteiger partial charge is 0.317 e. The molecule has 0 spiro atoms. The third-order valence-electron chi connectivity index (χ3n) is 3.68. The number of aryl methyl sites for hydroxylation is 1. The first-order valence-corrected chi connectivity index (χ1v) is 8.40. The summed E-state index contributed by atoms with van der Waals surface area (Å²) in [5.74, 6) is -0.115. The van der Waals surface area contributed by atoms with Crippen molar-refractivity contribution in [3.8, 4) is 0 Å². The van der Waals surface area contributed by atoms with Crippen LogP contribution in [0.5, 0.6) is 0 Å². The lowest BCUT2D eigenvalue weighted by Gasteiger charge is -2.19. The van der Waals surface area contributed by atoms with Crippen molar-refractivity contribution in [2.75, 3.05) is 18.1 Å². The highest BCUT2D eigenvalue weighted by Crippen LogP contribution is 2.33. The van der Waals surface area contributed by atoms with Crippen LogP contribution in [0.2, 0.25) is 0 Å². The molecule has 1 fully saturated rings. The minimum Gasteiger partial charge on any atom is -0.465 e. The fraction of sp³-hybridized carbons (Fsp3) is 0.750. The SMILES string of the molecule is CCOC(=O)C(c1nnc(C)n1C)C1CCS(=O)(=O)C1. The minimum absolute atomic E-state index is 0.00237. The zero-order valence-corrected chi connectivity index (χ0v) is 12.7. The Morgan fingerprint density at radius 3 is 2.65 bits per heavy atom. The lowest BCUT2D eigenvalue weighted by molar-refractivity contribution is -0.146. The van der Waals surface area contributed by atoms with Gasteiger partial charge in [-0.25, -0.2) is 8.42 Å². The summed E-state index contributed by atoms with van der Waals surface area (Å²) in [4.78, 5) is 12.2. The number of aromatic nitrogens is 3. The normalized spacial score (nSPS) is 22.6. The number of sulfone groups is 1. The largest absolute Gasteiger partial charge is 0.465 e. The number of esters is 1. The van der Waals surface area contributed by atoms with Crippen LogP contribution in [-0.4, -0.2) is 47.3 Å². The van der Waals surface area contributed by atoms with Crippen molar-refractivity contribution in [2.24, 2.45) is 13.0 Å². The molecule has 0 bridgehead atoms. The Hall–Kier alpha value is -1.44. The molecule has 0 amide bonds. The Morgan fingerprint density at radius 2 is 2.20 bits per heavy atom. The average molecular weight is 301 g/mol. The van der Waals surface area contributed by atoms with Crippen molar-refractivity contribution >= 4 is 15.8 Å². The highest BCUT2D eigenvalue weighted by Gasteiger charge is 2.41. The van der Waals surface area contributed by atoms with Crippen molar-refractivity contribution in [1.82, 2.24) is 14.8 Å². The molecule has 1 aromatic heterocycles. The molecule has 0 aromatic carbocycles. The van der Waals surface area contributed by atoms with Crippen LogP contribution < -0.4 is 0 Å². The summed E-state index contributed by atoms with van der Waals surface area (Å²) in [7, 11) is -1.30. The number of rotatable bonds is 4. The molecule has 0 saturated carbocycles. The zero-order valence-electron chi connectivity index (χ0n) is 11.9. The zero-order chi connectivity index (χ0) is 14.9. The lowest BCUT2D eigenvalue weighted by Crippen LogP contribution is -2.27. The van der Waals surface area contributed by atoms with Gasteiger partial charge in [-0.3, -0.25) is 4.79 Å². The van der Waals surface area contributed by atoms with Crippen LogP contribution in [0.4, 0.5) is 0 Å². The van der Waals surface area contributed by atoms with Gasteiger partial charge in [-0.1, -0.05) is 0 Å². The number of ether oxygens (including phenoxy) is 1. The van der Waals surface area contributed by atoms with E-state index in [9.17, 15) is 13.2 Å². The Bertz CT molecular complexity index is 608. The molecule has 1 aliphatic rings. The van der Waals surface area contributed by atoms with Crippen LogP contribution >= 0.6 is 0 Å². The average Bonchev–Trinajstić information content (AvgIpc) is 2.87. The molecule has 0 N–H and O–H groups in total. The third-order valence-corrected chi connectivity index (χ3v) is 5.48. The molecule has 0 aliphatic carbocycles. The van der Waals surface area contributed by atoms with Gasteiger partial charge in [0.25, 0.3) is 0 Å². The molecule has 2 unspecified atom stereocenters. The molecular formula is C12H19N3O4S. The van der Waals surface area contributed by atoms with E-state index in [1.54, 1.807) is 25.5 Å². The Balaban J connectivity index is 2.35. The molecule has 2 rings (SSSR count). The van der Waals surface area contributed by atoms with Gasteiger partial charge in [0, 0.05) is 7.05 Å². The maximum atomic E-state index is 12.2. The number of hydrogen-bond acceptors (Lipinski definition) is 6. The number of carbonyl (C=O) groups is 1. The molecule has 7 nitrogen and oxygen atoms in total. The van der Waals surface area contributed by atoms with E-state index in [4.69, 9.17) is 4.74 Å². The van der Waals surface area contributed by atoms with Crippen molar-refractivity contribution in [3.05, 3.63) is 11.6 Å². The summed E-state index contributed by atoms with van der Waals surface area (Å²) in [6, 6.07) is 0. The van der Waals surface area contributed by atoms with Crippen LogP contribution in [0.15, 0.2) is 0 Å². The number of hydrogen-bond donors (Lipinski definition) is 0. The summed E-state index contributed by atoms with van der Waals surface area (Å²) < 4.78 is 30.1. The molecule has 1 aromatic rings. The van der Waals surface area contributed by atoms with E-state index in [1.165, 1.54) is 0 Å². The summed E-state index contributed by atoms with van der Waals surface area (Å²) in [5.41, 5.74) is 0. The first-order chi connectivity index (χ1) is 9.35. The standard InChI is InChI=1S/C12H19N3O4S/c1-4-19-12(16)10(9-5-6-20(17,18)7-9)11-14-13-8(2)15(11)3/h9-10H,4-7H2,1-3H3. The highest BCUT2D eigenvalue weighted by atomic mass is 32.2. The Morgan fingerprint density at radius 1 is 1.50 bits per heavy atom. The second-order valence-electron chi connectivity index (χ2n) is 5.06. The molecule has 20 heavy (non-hydrogen) atoms. The third kappa shape index (κ3) is 2.84. The maximum Gasteiger partial charge on any atom is 0.317 e. The van der Waals surface area contributed by atoms with Crippen molar-refractivity contribution in [3.63, 3.8) is 0 Å². The Kier molecular flexibility index (Phi) is 4.12. The van der Waals surface area contributed by atoms with E-state index >= 15 is 0 Å². The van der Waals surface area contributed by atoms with Gasteiger partial charge in [-0.05, 0) is 26.2 Å². The predicted octanol–water partition coefficient (Wildman–Crippen LogP) is 0.205. The van der Waals surface area contributed by atoms with Crippen LogP contribution in [0.25, 0.3) is 0 Å². The molecule has 8 heteroatoms. The second-order valence-corrected chi connectivity index (χ2v) is 7.29. The van der Waals surface area contributed by atoms with E-state index in [1.807, 2.05) is 0 Å². The Labute approximate surface area is 118 Å². The van der Waals surface area contributed by atoms with E-state index in [-0.39, 0.29) is 24.0 Å². The van der Waals surface area contributed by atoms with E-state index in [0.717, 1.165) is 0 Å². The molecule has 1 saturated heterocycles. The van der Waals surface area contributed by atoms with Crippen molar-refractivity contribution in [1.29, 1.82) is 0 Å². The topological polar surface area (TPSA) is 91.2 Å².